The third-order valence-electron chi connectivity index (χ3n) is 3.69. The Morgan fingerprint density at radius 3 is 2.86 bits per heavy atom. The summed E-state index contributed by atoms with van der Waals surface area (Å²) in [7, 11) is 0. The number of aryl methyl sites for hydroxylation is 1. The summed E-state index contributed by atoms with van der Waals surface area (Å²) in [6.45, 7) is 4.89. The predicted molar refractivity (Wildman–Crippen MR) is 88.1 cm³/mol. The fourth-order valence-electron chi connectivity index (χ4n) is 2.60. The van der Waals surface area contributed by atoms with Crippen molar-refractivity contribution in [2.45, 2.75) is 26.8 Å². The lowest BCUT2D eigenvalue weighted by molar-refractivity contribution is 0.352. The summed E-state index contributed by atoms with van der Waals surface area (Å²) in [5.74, 6) is 0.904. The van der Waals surface area contributed by atoms with Crippen LogP contribution in [0.5, 0.6) is 5.75 Å². The molecule has 0 fully saturated rings. The Morgan fingerprint density at radius 1 is 1.33 bits per heavy atom. The molecule has 4 nitrogen and oxygen atoms in total. The second kappa shape index (κ2) is 5.57. The molecule has 0 bridgehead atoms. The lowest BCUT2D eigenvalue weighted by atomic mass is 10.1. The Hall–Kier alpha value is -1.14. The number of fused-ring (bicyclic) bond motifs is 1. The Balaban J connectivity index is 2.10. The monoisotopic (exact) mass is 412 g/mol. The molecule has 0 amide bonds. The molecule has 0 unspecified atom stereocenters. The lowest BCUT2D eigenvalue weighted by Crippen LogP contribution is -2.27. The highest BCUT2D eigenvalue weighted by atomic mass is 79.9. The summed E-state index contributed by atoms with van der Waals surface area (Å²) in [4.78, 5) is 16.2. The van der Waals surface area contributed by atoms with Crippen molar-refractivity contribution in [2.75, 3.05) is 6.61 Å². The van der Waals surface area contributed by atoms with Crippen molar-refractivity contribution >= 4 is 31.9 Å². The van der Waals surface area contributed by atoms with Crippen LogP contribution in [-0.2, 0) is 13.0 Å². The van der Waals surface area contributed by atoms with Crippen molar-refractivity contribution < 1.29 is 4.74 Å². The van der Waals surface area contributed by atoms with Crippen molar-refractivity contribution in [3.8, 4) is 5.75 Å². The zero-order chi connectivity index (χ0) is 15.1. The third kappa shape index (κ3) is 2.66. The molecule has 0 aliphatic carbocycles. The van der Waals surface area contributed by atoms with Gasteiger partial charge in [-0.05, 0) is 47.5 Å². The second-order valence-electron chi connectivity index (χ2n) is 5.12. The van der Waals surface area contributed by atoms with Gasteiger partial charge in [0, 0.05) is 22.2 Å². The normalized spacial score (nSPS) is 13.1. The number of hydrogen-bond donors (Lipinski definition) is 0. The molecule has 1 aromatic carbocycles. The van der Waals surface area contributed by atoms with Crippen LogP contribution in [-0.4, -0.2) is 16.2 Å². The summed E-state index contributed by atoms with van der Waals surface area (Å²) in [6.07, 6.45) is 0.908. The van der Waals surface area contributed by atoms with Crippen molar-refractivity contribution in [1.82, 2.24) is 9.55 Å². The molecule has 0 radical (unpaired) electrons. The summed E-state index contributed by atoms with van der Waals surface area (Å²) in [6, 6.07) is 4.08. The van der Waals surface area contributed by atoms with Crippen LogP contribution in [0.1, 0.15) is 22.5 Å². The summed E-state index contributed by atoms with van der Waals surface area (Å²) in [5, 5.41) is 0. The van der Waals surface area contributed by atoms with Gasteiger partial charge in [-0.2, -0.15) is 4.98 Å². The fourth-order valence-corrected chi connectivity index (χ4v) is 3.45. The van der Waals surface area contributed by atoms with Crippen LogP contribution in [0.4, 0.5) is 0 Å². The summed E-state index contributed by atoms with van der Waals surface area (Å²) in [5.41, 5.74) is 3.53. The van der Waals surface area contributed by atoms with E-state index in [2.05, 4.69) is 42.9 Å². The lowest BCUT2D eigenvalue weighted by Gasteiger charge is -2.14. The van der Waals surface area contributed by atoms with E-state index < -0.39 is 0 Å². The van der Waals surface area contributed by atoms with E-state index in [9.17, 15) is 4.79 Å². The van der Waals surface area contributed by atoms with Gasteiger partial charge in [0.1, 0.15) is 5.75 Å². The predicted octanol–water partition coefficient (Wildman–Crippen LogP) is 3.37. The SMILES string of the molecule is Cc1nc(=O)n(Cc2cc(Br)cc3c2OCC3)c(C)c1Br. The molecule has 1 aromatic heterocycles. The summed E-state index contributed by atoms with van der Waals surface area (Å²) >= 11 is 7.02. The molecular weight excluding hydrogens is 400 g/mol. The van der Waals surface area contributed by atoms with Crippen LogP contribution in [0.2, 0.25) is 0 Å². The quantitative estimate of drug-likeness (QED) is 0.758. The molecule has 0 saturated heterocycles. The Labute approximate surface area is 139 Å². The molecule has 6 heteroatoms. The van der Waals surface area contributed by atoms with E-state index >= 15 is 0 Å². The number of hydrogen-bond acceptors (Lipinski definition) is 3. The number of halogens is 2. The van der Waals surface area contributed by atoms with Gasteiger partial charge in [0.25, 0.3) is 0 Å². The smallest absolute Gasteiger partial charge is 0.348 e. The number of nitrogens with zero attached hydrogens (tertiary/aromatic N) is 2. The molecule has 1 aliphatic heterocycles. The first-order chi connectivity index (χ1) is 9.97. The Morgan fingerprint density at radius 2 is 2.10 bits per heavy atom. The van der Waals surface area contributed by atoms with E-state index in [1.165, 1.54) is 5.56 Å². The maximum Gasteiger partial charge on any atom is 0.348 e. The molecule has 3 rings (SSSR count). The maximum atomic E-state index is 12.2. The molecule has 110 valence electrons. The molecule has 21 heavy (non-hydrogen) atoms. The molecule has 0 N–H and O–H groups in total. The third-order valence-corrected chi connectivity index (χ3v) is 5.29. The fraction of sp³-hybridized carbons (Fsp3) is 0.333. The molecule has 0 atom stereocenters. The average molecular weight is 414 g/mol. The highest BCUT2D eigenvalue weighted by Gasteiger charge is 2.19. The van der Waals surface area contributed by atoms with Crippen LogP contribution < -0.4 is 10.4 Å². The molecule has 1 aliphatic rings. The van der Waals surface area contributed by atoms with Crippen molar-refractivity contribution in [3.05, 3.63) is 54.1 Å². The van der Waals surface area contributed by atoms with Crippen LogP contribution >= 0.6 is 31.9 Å². The van der Waals surface area contributed by atoms with Gasteiger partial charge in [0.15, 0.2) is 0 Å². The van der Waals surface area contributed by atoms with E-state index in [-0.39, 0.29) is 5.69 Å². The highest BCUT2D eigenvalue weighted by molar-refractivity contribution is 9.10. The number of aromatic nitrogens is 2. The van der Waals surface area contributed by atoms with Gasteiger partial charge in [-0.15, -0.1) is 0 Å². The van der Waals surface area contributed by atoms with Crippen molar-refractivity contribution in [1.29, 1.82) is 0 Å². The van der Waals surface area contributed by atoms with Crippen LogP contribution in [0.15, 0.2) is 25.9 Å². The summed E-state index contributed by atoms with van der Waals surface area (Å²) < 4.78 is 9.27. The second-order valence-corrected chi connectivity index (χ2v) is 6.83. The minimum Gasteiger partial charge on any atom is -0.493 e. The molecule has 0 saturated carbocycles. The first kappa shape index (κ1) is 14.8. The Kier molecular flexibility index (Phi) is 3.92. The van der Waals surface area contributed by atoms with E-state index in [4.69, 9.17) is 4.74 Å². The van der Waals surface area contributed by atoms with Crippen molar-refractivity contribution in [2.24, 2.45) is 0 Å². The standard InChI is InChI=1S/C15H14Br2N2O2/c1-8-13(17)9(2)19(15(20)18-8)7-11-6-12(16)5-10-3-4-21-14(10)11/h5-6H,3-4,7H2,1-2H3. The van der Waals surface area contributed by atoms with Crippen LogP contribution in [0.3, 0.4) is 0 Å². The molecule has 2 heterocycles. The van der Waals surface area contributed by atoms with Gasteiger partial charge in [-0.1, -0.05) is 15.9 Å². The maximum absolute atomic E-state index is 12.2. The average Bonchev–Trinajstić information content (AvgIpc) is 2.89. The van der Waals surface area contributed by atoms with Gasteiger partial charge in [-0.25, -0.2) is 4.79 Å². The Bertz CT molecular complexity index is 784. The van der Waals surface area contributed by atoms with Crippen molar-refractivity contribution in [3.63, 3.8) is 0 Å². The van der Waals surface area contributed by atoms with Gasteiger partial charge in [-0.3, -0.25) is 4.57 Å². The van der Waals surface area contributed by atoms with E-state index in [0.717, 1.165) is 32.4 Å². The largest absolute Gasteiger partial charge is 0.493 e. The van der Waals surface area contributed by atoms with E-state index in [1.54, 1.807) is 4.57 Å². The van der Waals surface area contributed by atoms with E-state index in [0.29, 0.717) is 18.8 Å². The zero-order valence-electron chi connectivity index (χ0n) is 11.7. The van der Waals surface area contributed by atoms with Gasteiger partial charge in [0.05, 0.1) is 23.3 Å². The number of ether oxygens (including phenoxy) is 1. The number of rotatable bonds is 2. The number of benzene rings is 1. The molecule has 0 spiro atoms. The van der Waals surface area contributed by atoms with Crippen LogP contribution in [0.25, 0.3) is 0 Å². The topological polar surface area (TPSA) is 44.1 Å². The molecule has 2 aromatic rings. The molecular formula is C15H14Br2N2O2. The first-order valence-corrected chi connectivity index (χ1v) is 8.23. The van der Waals surface area contributed by atoms with Gasteiger partial charge >= 0.3 is 5.69 Å². The highest BCUT2D eigenvalue weighted by Crippen LogP contribution is 2.33. The van der Waals surface area contributed by atoms with Gasteiger partial charge in [0.2, 0.25) is 0 Å². The zero-order valence-corrected chi connectivity index (χ0v) is 14.9. The first-order valence-electron chi connectivity index (χ1n) is 6.65. The minimum atomic E-state index is -0.236. The van der Waals surface area contributed by atoms with Crippen LogP contribution in [0, 0.1) is 13.8 Å². The minimum absolute atomic E-state index is 0.236. The van der Waals surface area contributed by atoms with Gasteiger partial charge < -0.3 is 4.74 Å². The van der Waals surface area contributed by atoms with E-state index in [1.807, 2.05) is 19.9 Å².